The Morgan fingerprint density at radius 3 is 2.21 bits per heavy atom. The van der Waals surface area contributed by atoms with Gasteiger partial charge in [-0.1, -0.05) is 13.8 Å². The van der Waals surface area contributed by atoms with Crippen LogP contribution < -0.4 is 10.6 Å². The van der Waals surface area contributed by atoms with E-state index in [4.69, 9.17) is 0 Å². The Morgan fingerprint density at radius 2 is 1.79 bits per heavy atom. The van der Waals surface area contributed by atoms with E-state index < -0.39 is 0 Å². The van der Waals surface area contributed by atoms with Crippen LogP contribution in [0.25, 0.3) is 0 Å². The van der Waals surface area contributed by atoms with Crippen LogP contribution in [-0.2, 0) is 4.79 Å². The molecule has 0 spiro atoms. The van der Waals surface area contributed by atoms with Crippen LogP contribution in [0.5, 0.6) is 0 Å². The van der Waals surface area contributed by atoms with Crippen LogP contribution in [0, 0.1) is 5.92 Å². The summed E-state index contributed by atoms with van der Waals surface area (Å²) in [4.78, 5) is 22.8. The van der Waals surface area contributed by atoms with Crippen molar-refractivity contribution in [2.24, 2.45) is 5.92 Å². The van der Waals surface area contributed by atoms with E-state index in [0.717, 1.165) is 0 Å². The molecule has 0 aromatic heterocycles. The van der Waals surface area contributed by atoms with Crippen molar-refractivity contribution in [3.05, 3.63) is 29.8 Å². The highest BCUT2D eigenvalue weighted by Gasteiger charge is 2.15. The summed E-state index contributed by atoms with van der Waals surface area (Å²) in [5.74, 6) is -0.230. The summed E-state index contributed by atoms with van der Waals surface area (Å²) in [6.07, 6.45) is 0. The van der Waals surface area contributed by atoms with Gasteiger partial charge in [0.25, 0.3) is 5.91 Å². The average molecular weight is 264 g/mol. The summed E-state index contributed by atoms with van der Waals surface area (Å²) >= 11 is 0. The first-order valence-electron chi connectivity index (χ1n) is 6.23. The van der Waals surface area contributed by atoms with Crippen molar-refractivity contribution >= 4 is 17.5 Å². The van der Waals surface area contributed by atoms with Gasteiger partial charge in [0.1, 0.15) is 0 Å². The van der Waals surface area contributed by atoms with Gasteiger partial charge in [-0.3, -0.25) is 9.59 Å². The lowest BCUT2D eigenvalue weighted by Gasteiger charge is -2.19. The Labute approximate surface area is 113 Å². The van der Waals surface area contributed by atoms with Gasteiger partial charge in [0.2, 0.25) is 5.91 Å². The first-order valence-corrected chi connectivity index (χ1v) is 6.23. The van der Waals surface area contributed by atoms with Crippen LogP contribution in [-0.4, -0.2) is 29.6 Å². The fourth-order valence-electron chi connectivity index (χ4n) is 1.58. The number of hydrogen-bond donors (Lipinski definition) is 3. The third-order valence-electron chi connectivity index (χ3n) is 2.79. The summed E-state index contributed by atoms with van der Waals surface area (Å²) in [6, 6.07) is 6.34. The SMILES string of the molecule is CC(=O)Nc1ccc(C(=O)NC(CO)C(C)C)cc1. The van der Waals surface area contributed by atoms with Gasteiger partial charge in [-0.05, 0) is 30.2 Å². The molecular formula is C14H20N2O3. The van der Waals surface area contributed by atoms with E-state index in [-0.39, 0.29) is 30.4 Å². The zero-order valence-electron chi connectivity index (χ0n) is 11.4. The standard InChI is InChI=1S/C14H20N2O3/c1-9(2)13(8-17)16-14(19)11-4-6-12(7-5-11)15-10(3)18/h4-7,9,13,17H,8H2,1-3H3,(H,15,18)(H,16,19). The predicted molar refractivity (Wildman–Crippen MR) is 73.9 cm³/mol. The van der Waals surface area contributed by atoms with Crippen LogP contribution >= 0.6 is 0 Å². The predicted octanol–water partition coefficient (Wildman–Crippen LogP) is 1.39. The normalized spacial score (nSPS) is 12.1. The van der Waals surface area contributed by atoms with E-state index in [1.807, 2.05) is 13.8 Å². The molecule has 2 amide bonds. The molecule has 0 aliphatic rings. The topological polar surface area (TPSA) is 78.4 Å². The van der Waals surface area contributed by atoms with E-state index in [2.05, 4.69) is 10.6 Å². The van der Waals surface area contributed by atoms with Gasteiger partial charge >= 0.3 is 0 Å². The lowest BCUT2D eigenvalue weighted by molar-refractivity contribution is -0.114. The van der Waals surface area contributed by atoms with Crippen LogP contribution in [0.15, 0.2) is 24.3 Å². The molecule has 5 nitrogen and oxygen atoms in total. The second-order valence-corrected chi connectivity index (χ2v) is 4.77. The second-order valence-electron chi connectivity index (χ2n) is 4.77. The molecule has 1 unspecified atom stereocenters. The van der Waals surface area contributed by atoms with Crippen molar-refractivity contribution in [2.45, 2.75) is 26.8 Å². The Bertz CT molecular complexity index is 441. The van der Waals surface area contributed by atoms with E-state index in [1.165, 1.54) is 6.92 Å². The van der Waals surface area contributed by atoms with E-state index in [0.29, 0.717) is 11.3 Å². The number of aliphatic hydroxyl groups is 1. The summed E-state index contributed by atoms with van der Waals surface area (Å²) < 4.78 is 0. The van der Waals surface area contributed by atoms with Crippen molar-refractivity contribution in [1.82, 2.24) is 5.32 Å². The minimum Gasteiger partial charge on any atom is -0.394 e. The van der Waals surface area contributed by atoms with Gasteiger partial charge in [0.05, 0.1) is 12.6 Å². The molecule has 0 bridgehead atoms. The second kappa shape index (κ2) is 6.89. The molecule has 19 heavy (non-hydrogen) atoms. The minimum atomic E-state index is -0.262. The van der Waals surface area contributed by atoms with Crippen LogP contribution in [0.3, 0.4) is 0 Å². The maximum atomic E-state index is 11.9. The monoisotopic (exact) mass is 264 g/mol. The van der Waals surface area contributed by atoms with E-state index in [1.54, 1.807) is 24.3 Å². The summed E-state index contributed by atoms with van der Waals surface area (Å²) in [6.45, 7) is 5.20. The Hall–Kier alpha value is -1.88. The molecule has 0 saturated carbocycles. The minimum absolute atomic E-state index is 0.0899. The molecule has 0 saturated heterocycles. The van der Waals surface area contributed by atoms with Crippen LogP contribution in [0.4, 0.5) is 5.69 Å². The molecule has 1 aromatic carbocycles. The highest BCUT2D eigenvalue weighted by atomic mass is 16.3. The molecule has 104 valence electrons. The van der Waals surface area contributed by atoms with Crippen molar-refractivity contribution in [2.75, 3.05) is 11.9 Å². The van der Waals surface area contributed by atoms with Crippen LogP contribution in [0.2, 0.25) is 0 Å². The number of hydrogen-bond acceptors (Lipinski definition) is 3. The third-order valence-corrected chi connectivity index (χ3v) is 2.79. The molecule has 0 radical (unpaired) electrons. The van der Waals surface area contributed by atoms with Crippen LogP contribution in [0.1, 0.15) is 31.1 Å². The number of amides is 2. The molecule has 1 aromatic rings. The van der Waals surface area contributed by atoms with E-state index in [9.17, 15) is 14.7 Å². The molecule has 5 heteroatoms. The molecule has 0 aliphatic carbocycles. The highest BCUT2D eigenvalue weighted by Crippen LogP contribution is 2.10. The number of aliphatic hydroxyl groups excluding tert-OH is 1. The first-order chi connectivity index (χ1) is 8.93. The third kappa shape index (κ3) is 4.71. The van der Waals surface area contributed by atoms with Gasteiger partial charge in [-0.25, -0.2) is 0 Å². The summed E-state index contributed by atoms with van der Waals surface area (Å²) in [5, 5.41) is 14.6. The summed E-state index contributed by atoms with van der Waals surface area (Å²) in [7, 11) is 0. The Morgan fingerprint density at radius 1 is 1.21 bits per heavy atom. The maximum absolute atomic E-state index is 11.9. The van der Waals surface area contributed by atoms with E-state index >= 15 is 0 Å². The molecule has 3 N–H and O–H groups in total. The molecule has 1 rings (SSSR count). The van der Waals surface area contributed by atoms with Crippen molar-refractivity contribution in [1.29, 1.82) is 0 Å². The lowest BCUT2D eigenvalue weighted by Crippen LogP contribution is -2.41. The van der Waals surface area contributed by atoms with Gasteiger partial charge in [0.15, 0.2) is 0 Å². The molecule has 1 atom stereocenters. The quantitative estimate of drug-likeness (QED) is 0.752. The number of rotatable bonds is 5. The zero-order chi connectivity index (χ0) is 14.4. The molecule has 0 aliphatic heterocycles. The Kier molecular flexibility index (Phi) is 5.51. The van der Waals surface area contributed by atoms with Crippen molar-refractivity contribution in [3.63, 3.8) is 0 Å². The lowest BCUT2D eigenvalue weighted by atomic mass is 10.0. The number of carbonyl (C=O) groups excluding carboxylic acids is 2. The van der Waals surface area contributed by atoms with Gasteiger partial charge in [0, 0.05) is 18.2 Å². The Balaban J connectivity index is 2.69. The molecular weight excluding hydrogens is 244 g/mol. The largest absolute Gasteiger partial charge is 0.394 e. The van der Waals surface area contributed by atoms with Crippen molar-refractivity contribution in [3.8, 4) is 0 Å². The number of anilines is 1. The number of benzene rings is 1. The number of nitrogens with one attached hydrogen (secondary N) is 2. The highest BCUT2D eigenvalue weighted by molar-refractivity contribution is 5.95. The molecule has 0 heterocycles. The zero-order valence-corrected chi connectivity index (χ0v) is 11.4. The van der Waals surface area contributed by atoms with Gasteiger partial charge < -0.3 is 15.7 Å². The summed E-state index contributed by atoms with van der Waals surface area (Å²) in [5.41, 5.74) is 1.14. The average Bonchev–Trinajstić information content (AvgIpc) is 2.35. The number of carbonyl (C=O) groups is 2. The van der Waals surface area contributed by atoms with Gasteiger partial charge in [-0.2, -0.15) is 0 Å². The smallest absolute Gasteiger partial charge is 0.251 e. The maximum Gasteiger partial charge on any atom is 0.251 e. The van der Waals surface area contributed by atoms with Crippen molar-refractivity contribution < 1.29 is 14.7 Å². The first kappa shape index (κ1) is 15.2. The van der Waals surface area contributed by atoms with Gasteiger partial charge in [-0.15, -0.1) is 0 Å². The fourth-order valence-corrected chi connectivity index (χ4v) is 1.58. The molecule has 0 fully saturated rings. The fraction of sp³-hybridized carbons (Fsp3) is 0.429.